The lowest BCUT2D eigenvalue weighted by Crippen LogP contribution is -1.98. The highest BCUT2D eigenvalue weighted by molar-refractivity contribution is 5.73. The highest BCUT2D eigenvalue weighted by atomic mass is 16.7. The molecule has 0 aliphatic heterocycles. The Labute approximate surface area is 106 Å². The van der Waals surface area contributed by atoms with Crippen LogP contribution in [-0.2, 0) is 14.3 Å². The summed E-state index contributed by atoms with van der Waals surface area (Å²) in [7, 11) is 2.85. The predicted octanol–water partition coefficient (Wildman–Crippen LogP) is 1.95. The van der Waals surface area contributed by atoms with Gasteiger partial charge in [-0.25, -0.2) is 0 Å². The number of benzene rings is 1. The largest absolute Gasteiger partial charge is 0.507 e. The Morgan fingerprint density at radius 2 is 2.17 bits per heavy atom. The molecule has 0 radical (unpaired) electrons. The molecule has 1 aromatic rings. The summed E-state index contributed by atoms with van der Waals surface area (Å²) in [5.74, 6) is 0.259. The minimum Gasteiger partial charge on any atom is -0.507 e. The number of ether oxygens (including phenoxy) is 3. The molecular weight excluding hydrogens is 236 g/mol. The van der Waals surface area contributed by atoms with Gasteiger partial charge < -0.3 is 19.3 Å². The van der Waals surface area contributed by atoms with E-state index in [0.717, 1.165) is 0 Å². The second-order valence-corrected chi connectivity index (χ2v) is 3.45. The molecule has 18 heavy (non-hydrogen) atoms. The zero-order valence-electron chi connectivity index (χ0n) is 10.4. The molecule has 0 heterocycles. The molecule has 5 heteroatoms. The Hall–Kier alpha value is -2.01. The third-order valence-electron chi connectivity index (χ3n) is 2.15. The standard InChI is InChI=1S/C13H16O5/c1-16-9-18-11-7-6-10(12(14)8-11)4-3-5-13(15)17-2/h3-4,6-8,14H,5,9H2,1-2H3/b4-3+. The molecule has 98 valence electrons. The summed E-state index contributed by atoms with van der Waals surface area (Å²) in [5, 5.41) is 9.72. The van der Waals surface area contributed by atoms with E-state index in [-0.39, 0.29) is 24.9 Å². The number of methoxy groups -OCH3 is 2. The van der Waals surface area contributed by atoms with Crippen molar-refractivity contribution < 1.29 is 24.1 Å². The summed E-state index contributed by atoms with van der Waals surface area (Å²) in [6.45, 7) is 0.122. The van der Waals surface area contributed by atoms with E-state index in [1.807, 2.05) is 0 Å². The van der Waals surface area contributed by atoms with Crippen LogP contribution >= 0.6 is 0 Å². The normalized spacial score (nSPS) is 10.6. The van der Waals surface area contributed by atoms with Gasteiger partial charge in [-0.15, -0.1) is 0 Å². The smallest absolute Gasteiger partial charge is 0.309 e. The van der Waals surface area contributed by atoms with Crippen molar-refractivity contribution in [3.05, 3.63) is 29.8 Å². The van der Waals surface area contributed by atoms with Crippen LogP contribution in [0.5, 0.6) is 11.5 Å². The number of aromatic hydroxyl groups is 1. The van der Waals surface area contributed by atoms with E-state index in [1.54, 1.807) is 24.3 Å². The van der Waals surface area contributed by atoms with Crippen molar-refractivity contribution in [3.63, 3.8) is 0 Å². The van der Waals surface area contributed by atoms with Crippen molar-refractivity contribution in [2.75, 3.05) is 21.0 Å². The van der Waals surface area contributed by atoms with Crippen molar-refractivity contribution in [2.45, 2.75) is 6.42 Å². The van der Waals surface area contributed by atoms with Gasteiger partial charge in [0.15, 0.2) is 6.79 Å². The van der Waals surface area contributed by atoms with Crippen LogP contribution in [0.3, 0.4) is 0 Å². The molecule has 0 aromatic heterocycles. The highest BCUT2D eigenvalue weighted by Crippen LogP contribution is 2.24. The topological polar surface area (TPSA) is 65.0 Å². The fourth-order valence-electron chi connectivity index (χ4n) is 1.25. The van der Waals surface area contributed by atoms with Crippen molar-refractivity contribution in [1.29, 1.82) is 0 Å². The van der Waals surface area contributed by atoms with E-state index in [2.05, 4.69) is 4.74 Å². The zero-order chi connectivity index (χ0) is 13.4. The first-order valence-corrected chi connectivity index (χ1v) is 5.35. The number of hydrogen-bond acceptors (Lipinski definition) is 5. The molecule has 0 saturated carbocycles. The first kappa shape index (κ1) is 14.1. The van der Waals surface area contributed by atoms with E-state index in [9.17, 15) is 9.90 Å². The van der Waals surface area contributed by atoms with Gasteiger partial charge in [0.1, 0.15) is 11.5 Å². The fourth-order valence-corrected chi connectivity index (χ4v) is 1.25. The minimum absolute atomic E-state index is 0.0738. The van der Waals surface area contributed by atoms with E-state index in [0.29, 0.717) is 11.3 Å². The summed E-state index contributed by atoms with van der Waals surface area (Å²) in [6.07, 6.45) is 3.43. The summed E-state index contributed by atoms with van der Waals surface area (Å²) < 4.78 is 14.4. The number of hydrogen-bond donors (Lipinski definition) is 1. The number of carbonyl (C=O) groups excluding carboxylic acids is 1. The summed E-state index contributed by atoms with van der Waals surface area (Å²) in [6, 6.07) is 4.88. The fraction of sp³-hybridized carbons (Fsp3) is 0.308. The minimum atomic E-state index is -0.328. The molecule has 0 bridgehead atoms. The molecule has 1 N–H and O–H groups in total. The van der Waals surface area contributed by atoms with E-state index >= 15 is 0 Å². The lowest BCUT2D eigenvalue weighted by molar-refractivity contribution is -0.139. The Morgan fingerprint density at radius 3 is 2.78 bits per heavy atom. The summed E-state index contributed by atoms with van der Waals surface area (Å²) in [5.41, 5.74) is 0.601. The van der Waals surface area contributed by atoms with Gasteiger partial charge in [0.05, 0.1) is 13.5 Å². The maximum Gasteiger partial charge on any atom is 0.309 e. The van der Waals surface area contributed by atoms with Crippen LogP contribution in [0.15, 0.2) is 24.3 Å². The number of phenolic OH excluding ortho intramolecular Hbond substituents is 1. The molecule has 1 aromatic carbocycles. The lowest BCUT2D eigenvalue weighted by atomic mass is 10.1. The monoisotopic (exact) mass is 252 g/mol. The number of phenols is 1. The van der Waals surface area contributed by atoms with E-state index in [4.69, 9.17) is 9.47 Å². The van der Waals surface area contributed by atoms with Gasteiger partial charge in [0, 0.05) is 18.7 Å². The Morgan fingerprint density at radius 1 is 1.39 bits per heavy atom. The molecular formula is C13H16O5. The second-order valence-electron chi connectivity index (χ2n) is 3.45. The molecule has 0 saturated heterocycles. The van der Waals surface area contributed by atoms with Gasteiger partial charge in [-0.3, -0.25) is 4.79 Å². The van der Waals surface area contributed by atoms with Gasteiger partial charge >= 0.3 is 5.97 Å². The van der Waals surface area contributed by atoms with Crippen LogP contribution in [0.1, 0.15) is 12.0 Å². The summed E-state index contributed by atoms with van der Waals surface area (Å²) >= 11 is 0. The second kappa shape index (κ2) is 7.34. The quantitative estimate of drug-likeness (QED) is 0.619. The first-order valence-electron chi connectivity index (χ1n) is 5.35. The van der Waals surface area contributed by atoms with E-state index in [1.165, 1.54) is 20.3 Å². The summed E-state index contributed by atoms with van der Waals surface area (Å²) in [4.78, 5) is 10.9. The van der Waals surface area contributed by atoms with Gasteiger partial charge in [0.2, 0.25) is 0 Å². The molecule has 1 rings (SSSR count). The SMILES string of the molecule is COCOc1ccc(/C=C/CC(=O)OC)c(O)c1. The molecule has 0 amide bonds. The van der Waals surface area contributed by atoms with Gasteiger partial charge in [-0.2, -0.15) is 0 Å². The molecule has 5 nitrogen and oxygen atoms in total. The average molecular weight is 252 g/mol. The first-order chi connectivity index (χ1) is 8.67. The van der Waals surface area contributed by atoms with Crippen LogP contribution in [0.2, 0.25) is 0 Å². The Bertz CT molecular complexity index is 425. The van der Waals surface area contributed by atoms with Crippen molar-refractivity contribution in [2.24, 2.45) is 0 Å². The predicted molar refractivity (Wildman–Crippen MR) is 66.3 cm³/mol. The van der Waals surface area contributed by atoms with E-state index < -0.39 is 0 Å². The van der Waals surface area contributed by atoms with Crippen molar-refractivity contribution in [1.82, 2.24) is 0 Å². The van der Waals surface area contributed by atoms with Crippen LogP contribution in [0, 0.1) is 0 Å². The van der Waals surface area contributed by atoms with Crippen molar-refractivity contribution >= 4 is 12.0 Å². The van der Waals surface area contributed by atoms with Crippen LogP contribution in [0.25, 0.3) is 6.08 Å². The van der Waals surface area contributed by atoms with Crippen LogP contribution < -0.4 is 4.74 Å². The third kappa shape index (κ3) is 4.47. The maximum atomic E-state index is 10.9. The Kier molecular flexibility index (Phi) is 5.73. The number of rotatable bonds is 6. The lowest BCUT2D eigenvalue weighted by Gasteiger charge is -2.06. The zero-order valence-corrected chi connectivity index (χ0v) is 10.4. The molecule has 0 unspecified atom stereocenters. The molecule has 0 aliphatic rings. The van der Waals surface area contributed by atoms with Gasteiger partial charge in [-0.05, 0) is 12.1 Å². The van der Waals surface area contributed by atoms with Crippen LogP contribution in [-0.4, -0.2) is 32.1 Å². The molecule has 0 fully saturated rings. The van der Waals surface area contributed by atoms with Crippen molar-refractivity contribution in [3.8, 4) is 11.5 Å². The maximum absolute atomic E-state index is 10.9. The van der Waals surface area contributed by atoms with Gasteiger partial charge in [0.25, 0.3) is 0 Å². The Balaban J connectivity index is 2.64. The average Bonchev–Trinajstić information content (AvgIpc) is 2.38. The number of carbonyl (C=O) groups is 1. The molecule has 0 aliphatic carbocycles. The molecule has 0 spiro atoms. The van der Waals surface area contributed by atoms with Gasteiger partial charge in [-0.1, -0.05) is 12.2 Å². The van der Waals surface area contributed by atoms with Crippen LogP contribution in [0.4, 0.5) is 0 Å². The number of esters is 1. The third-order valence-corrected chi connectivity index (χ3v) is 2.15. The highest BCUT2D eigenvalue weighted by Gasteiger charge is 2.01. The molecule has 0 atom stereocenters.